The van der Waals surface area contributed by atoms with E-state index >= 15 is 0 Å². The zero-order chi connectivity index (χ0) is 23.1. The van der Waals surface area contributed by atoms with Gasteiger partial charge in [-0.2, -0.15) is 4.31 Å². The van der Waals surface area contributed by atoms with E-state index in [9.17, 15) is 18.0 Å². The van der Waals surface area contributed by atoms with Crippen LogP contribution in [0.5, 0.6) is 0 Å². The molecule has 2 amide bonds. The lowest BCUT2D eigenvalue weighted by atomic mass is 10.0. The topological polar surface area (TPSA) is 95.6 Å². The van der Waals surface area contributed by atoms with E-state index < -0.39 is 16.1 Å². The Hall–Kier alpha value is -2.23. The highest BCUT2D eigenvalue weighted by Gasteiger charge is 2.28. The van der Waals surface area contributed by atoms with E-state index in [1.807, 2.05) is 44.2 Å². The predicted molar refractivity (Wildman–Crippen MR) is 126 cm³/mol. The Morgan fingerprint density at radius 1 is 1.03 bits per heavy atom. The average molecular weight is 478 g/mol. The summed E-state index contributed by atoms with van der Waals surface area (Å²) < 4.78 is 27.5. The molecule has 1 saturated heterocycles. The van der Waals surface area contributed by atoms with Crippen molar-refractivity contribution < 1.29 is 18.0 Å². The Morgan fingerprint density at radius 3 is 2.38 bits per heavy atom. The van der Waals surface area contributed by atoms with Crippen molar-refractivity contribution in [1.82, 2.24) is 14.9 Å². The first-order chi connectivity index (χ1) is 15.3. The molecule has 3 rings (SSSR count). The summed E-state index contributed by atoms with van der Waals surface area (Å²) >= 11 is 1.18. The van der Waals surface area contributed by atoms with E-state index in [1.165, 1.54) is 11.3 Å². The molecule has 174 valence electrons. The van der Waals surface area contributed by atoms with Crippen LogP contribution in [0.1, 0.15) is 43.6 Å². The van der Waals surface area contributed by atoms with Crippen LogP contribution in [0.2, 0.25) is 0 Å². The minimum absolute atomic E-state index is 0.0897. The van der Waals surface area contributed by atoms with Crippen LogP contribution in [-0.2, 0) is 32.6 Å². The van der Waals surface area contributed by atoms with Crippen molar-refractivity contribution in [2.24, 2.45) is 5.92 Å². The summed E-state index contributed by atoms with van der Waals surface area (Å²) in [5, 5.41) is 5.67. The third-order valence-electron chi connectivity index (χ3n) is 5.46. The van der Waals surface area contributed by atoms with Crippen molar-refractivity contribution in [3.63, 3.8) is 0 Å². The van der Waals surface area contributed by atoms with Crippen LogP contribution >= 0.6 is 11.3 Å². The van der Waals surface area contributed by atoms with E-state index in [1.54, 1.807) is 16.4 Å². The summed E-state index contributed by atoms with van der Waals surface area (Å²) in [6, 6.07) is 12.1. The van der Waals surface area contributed by atoms with E-state index in [0.29, 0.717) is 17.3 Å². The maximum atomic E-state index is 12.8. The van der Waals surface area contributed by atoms with Gasteiger partial charge in [0.05, 0.1) is 13.0 Å². The molecule has 2 N–H and O–H groups in total. The highest BCUT2D eigenvalue weighted by atomic mass is 32.2. The summed E-state index contributed by atoms with van der Waals surface area (Å²) in [6.07, 6.45) is 3.05. The molecule has 0 spiro atoms. The number of carbonyl (C=O) groups is 2. The molecule has 1 aliphatic rings. The quantitative estimate of drug-likeness (QED) is 0.581. The molecule has 1 aromatic carbocycles. The fraction of sp³-hybridized carbons (Fsp3) is 0.478. The van der Waals surface area contributed by atoms with Gasteiger partial charge in [0.25, 0.3) is 10.0 Å². The van der Waals surface area contributed by atoms with Crippen LogP contribution in [0.4, 0.5) is 0 Å². The van der Waals surface area contributed by atoms with Gasteiger partial charge in [0.2, 0.25) is 11.8 Å². The minimum atomic E-state index is -3.47. The van der Waals surface area contributed by atoms with Gasteiger partial charge in [-0.05, 0) is 36.5 Å². The number of rotatable bonds is 9. The van der Waals surface area contributed by atoms with Crippen molar-refractivity contribution in [2.45, 2.75) is 56.3 Å². The number of carbonyl (C=O) groups excluding carboxylic acids is 2. The molecule has 0 unspecified atom stereocenters. The summed E-state index contributed by atoms with van der Waals surface area (Å²) in [5.41, 5.74) is 0.883. The van der Waals surface area contributed by atoms with Gasteiger partial charge in [0, 0.05) is 18.0 Å². The molecule has 0 bridgehead atoms. The molecule has 1 fully saturated rings. The number of amides is 2. The predicted octanol–water partition coefficient (Wildman–Crippen LogP) is 2.92. The van der Waals surface area contributed by atoms with Gasteiger partial charge in [-0.1, -0.05) is 50.6 Å². The average Bonchev–Trinajstić information content (AvgIpc) is 3.27. The van der Waals surface area contributed by atoms with Crippen LogP contribution in [-0.4, -0.2) is 43.7 Å². The first-order valence-electron chi connectivity index (χ1n) is 11.0. The molecule has 0 radical (unpaired) electrons. The molecule has 7 nitrogen and oxygen atoms in total. The third-order valence-corrected chi connectivity index (χ3v) is 8.91. The molecular formula is C23H31N3O4S2. The van der Waals surface area contributed by atoms with Crippen molar-refractivity contribution >= 4 is 33.2 Å². The molecule has 0 saturated carbocycles. The maximum Gasteiger partial charge on any atom is 0.252 e. The van der Waals surface area contributed by atoms with Crippen molar-refractivity contribution in [1.29, 1.82) is 0 Å². The Kier molecular flexibility index (Phi) is 8.44. The van der Waals surface area contributed by atoms with E-state index in [2.05, 4.69) is 10.6 Å². The van der Waals surface area contributed by atoms with E-state index in [-0.39, 0.29) is 30.7 Å². The van der Waals surface area contributed by atoms with Gasteiger partial charge in [0.1, 0.15) is 10.3 Å². The van der Waals surface area contributed by atoms with Crippen LogP contribution in [0.25, 0.3) is 0 Å². The molecule has 1 aromatic heterocycles. The monoisotopic (exact) mass is 477 g/mol. The van der Waals surface area contributed by atoms with E-state index in [0.717, 1.165) is 29.7 Å². The molecule has 2 aromatic rings. The lowest BCUT2D eigenvalue weighted by Crippen LogP contribution is -2.49. The first kappa shape index (κ1) is 24.4. The Morgan fingerprint density at radius 2 is 1.72 bits per heavy atom. The van der Waals surface area contributed by atoms with Crippen LogP contribution in [0.3, 0.4) is 0 Å². The summed E-state index contributed by atoms with van der Waals surface area (Å²) in [5.74, 6) is -0.584. The largest absolute Gasteiger partial charge is 0.349 e. The fourth-order valence-electron chi connectivity index (χ4n) is 3.65. The second kappa shape index (κ2) is 11.1. The minimum Gasteiger partial charge on any atom is -0.349 e. The van der Waals surface area contributed by atoms with Gasteiger partial charge < -0.3 is 10.6 Å². The second-order valence-corrected chi connectivity index (χ2v) is 11.7. The van der Waals surface area contributed by atoms with Crippen molar-refractivity contribution in [2.75, 3.05) is 13.1 Å². The number of benzene rings is 1. The van der Waals surface area contributed by atoms with Gasteiger partial charge in [-0.3, -0.25) is 9.59 Å². The number of hydrogen-bond donors (Lipinski definition) is 2. The summed E-state index contributed by atoms with van der Waals surface area (Å²) in [4.78, 5) is 25.9. The smallest absolute Gasteiger partial charge is 0.252 e. The second-order valence-electron chi connectivity index (χ2n) is 8.35. The maximum absolute atomic E-state index is 12.8. The SMILES string of the molecule is CC(C)[C@@H](NC(=O)Cc1ccccc1)C(=O)NCc1ccc(S(=O)(=O)N2CCCCC2)s1. The molecule has 2 heterocycles. The lowest BCUT2D eigenvalue weighted by Gasteiger charge is -2.25. The summed E-state index contributed by atoms with van der Waals surface area (Å²) in [7, 11) is -3.47. The Labute approximate surface area is 194 Å². The summed E-state index contributed by atoms with van der Waals surface area (Å²) in [6.45, 7) is 5.09. The molecular weight excluding hydrogens is 446 g/mol. The zero-order valence-corrected chi connectivity index (χ0v) is 20.2. The number of sulfonamides is 1. The third kappa shape index (κ3) is 6.40. The van der Waals surface area contributed by atoms with Gasteiger partial charge in [-0.15, -0.1) is 11.3 Å². The number of nitrogens with zero attached hydrogens (tertiary/aromatic N) is 1. The Bertz CT molecular complexity index is 1010. The van der Waals surface area contributed by atoms with Crippen LogP contribution in [0.15, 0.2) is 46.7 Å². The van der Waals surface area contributed by atoms with Gasteiger partial charge >= 0.3 is 0 Å². The number of nitrogens with one attached hydrogen (secondary N) is 2. The lowest BCUT2D eigenvalue weighted by molar-refractivity contribution is -0.129. The molecule has 1 aliphatic heterocycles. The standard InChI is InChI=1S/C23H31N3O4S2/c1-17(2)22(25-20(27)15-18-9-5-3-6-10-18)23(28)24-16-19-11-12-21(31-19)32(29,30)26-13-7-4-8-14-26/h3,5-6,9-12,17,22H,4,7-8,13-16H2,1-2H3,(H,24,28)(H,25,27)/t22-/m1/s1. The van der Waals surface area contributed by atoms with E-state index in [4.69, 9.17) is 0 Å². The van der Waals surface area contributed by atoms with Gasteiger partial charge in [0.15, 0.2) is 0 Å². The highest BCUT2D eigenvalue weighted by molar-refractivity contribution is 7.91. The van der Waals surface area contributed by atoms with Crippen molar-refractivity contribution in [3.05, 3.63) is 52.9 Å². The van der Waals surface area contributed by atoms with Crippen LogP contribution < -0.4 is 10.6 Å². The Balaban J connectivity index is 1.56. The van der Waals surface area contributed by atoms with Crippen molar-refractivity contribution in [3.8, 4) is 0 Å². The highest BCUT2D eigenvalue weighted by Crippen LogP contribution is 2.27. The normalized spacial score (nSPS) is 16.0. The first-order valence-corrected chi connectivity index (χ1v) is 13.2. The van der Waals surface area contributed by atoms with Crippen LogP contribution in [0, 0.1) is 5.92 Å². The molecule has 32 heavy (non-hydrogen) atoms. The number of thiophene rings is 1. The van der Waals surface area contributed by atoms with Gasteiger partial charge in [-0.25, -0.2) is 8.42 Å². The fourth-order valence-corrected chi connectivity index (χ4v) is 6.62. The zero-order valence-electron chi connectivity index (χ0n) is 18.5. The number of piperidine rings is 1. The molecule has 1 atom stereocenters. The molecule has 0 aliphatic carbocycles. The molecule has 9 heteroatoms. The number of hydrogen-bond acceptors (Lipinski definition) is 5.